The zero-order valence-electron chi connectivity index (χ0n) is 20.9. The largest absolute Gasteiger partial charge is 0.467 e. The molecule has 4 aromatic rings. The predicted molar refractivity (Wildman–Crippen MR) is 138 cm³/mol. The maximum Gasteiger partial charge on any atom is 0.433 e. The topological polar surface area (TPSA) is 115 Å². The molecular weight excluding hydrogens is 523 g/mol. The Bertz CT molecular complexity index is 1290. The summed E-state index contributed by atoms with van der Waals surface area (Å²) < 4.78 is 40.6. The summed E-state index contributed by atoms with van der Waals surface area (Å²) in [4.78, 5) is 22.1. The molecular formula is C25H25ClF3N7O2. The van der Waals surface area contributed by atoms with Crippen molar-refractivity contribution in [3.63, 3.8) is 0 Å². The predicted octanol–water partition coefficient (Wildman–Crippen LogP) is 5.77. The van der Waals surface area contributed by atoms with E-state index in [-0.39, 0.29) is 6.01 Å². The smallest absolute Gasteiger partial charge is 0.433 e. The van der Waals surface area contributed by atoms with Crippen LogP contribution in [0.15, 0.2) is 61.2 Å². The van der Waals surface area contributed by atoms with Crippen molar-refractivity contribution in [1.82, 2.24) is 30.6 Å². The Balaban J connectivity index is 0.000000327. The fourth-order valence-corrected chi connectivity index (χ4v) is 3.02. The van der Waals surface area contributed by atoms with Gasteiger partial charge in [-0.1, -0.05) is 43.6 Å². The van der Waals surface area contributed by atoms with Crippen molar-refractivity contribution in [2.24, 2.45) is 0 Å². The van der Waals surface area contributed by atoms with Gasteiger partial charge < -0.3 is 4.74 Å². The highest BCUT2D eigenvalue weighted by atomic mass is 35.5. The number of benzene rings is 1. The summed E-state index contributed by atoms with van der Waals surface area (Å²) in [5.41, 5.74) is 7.95. The summed E-state index contributed by atoms with van der Waals surface area (Å²) in [6.45, 7) is 5.69. The van der Waals surface area contributed by atoms with Gasteiger partial charge in [0.15, 0.2) is 5.82 Å². The van der Waals surface area contributed by atoms with Crippen LogP contribution in [0.3, 0.4) is 0 Å². The number of aryl methyl sites for hydroxylation is 1. The van der Waals surface area contributed by atoms with Crippen LogP contribution < -0.4 is 15.6 Å². The Morgan fingerprint density at radius 3 is 2.11 bits per heavy atom. The number of nitrogens with one attached hydrogen (secondary N) is 2. The van der Waals surface area contributed by atoms with Gasteiger partial charge in [-0.3, -0.25) is 20.6 Å². The van der Waals surface area contributed by atoms with Gasteiger partial charge in [0.25, 0.3) is 0 Å². The summed E-state index contributed by atoms with van der Waals surface area (Å²) in [6, 6.07) is 9.89. The fourth-order valence-electron chi connectivity index (χ4n) is 2.90. The summed E-state index contributed by atoms with van der Waals surface area (Å²) in [5.74, 6) is 0.355. The zero-order valence-corrected chi connectivity index (χ0v) is 21.7. The van der Waals surface area contributed by atoms with Gasteiger partial charge in [-0.25, -0.2) is 9.97 Å². The molecule has 0 bridgehead atoms. The molecule has 2 N–H and O–H groups in total. The molecule has 1 aromatic carbocycles. The number of halogens is 4. The number of rotatable bonds is 6. The molecule has 0 saturated heterocycles. The van der Waals surface area contributed by atoms with E-state index in [1.54, 1.807) is 37.6 Å². The van der Waals surface area contributed by atoms with E-state index >= 15 is 0 Å². The highest BCUT2D eigenvalue weighted by Crippen LogP contribution is 2.35. The Morgan fingerprint density at radius 2 is 1.58 bits per heavy atom. The summed E-state index contributed by atoms with van der Waals surface area (Å²) in [7, 11) is 1.49. The molecule has 0 aliphatic carbocycles. The number of methoxy groups -OCH3 is 1. The third kappa shape index (κ3) is 8.37. The molecule has 38 heavy (non-hydrogen) atoms. The molecule has 1 amide bonds. The molecule has 0 aliphatic heterocycles. The van der Waals surface area contributed by atoms with Gasteiger partial charge >= 0.3 is 12.2 Å². The normalized spacial score (nSPS) is 10.2. The Kier molecular flexibility index (Phi) is 11.4. The molecule has 0 unspecified atom stereocenters. The van der Waals surface area contributed by atoms with Crippen LogP contribution in [0.1, 0.15) is 25.1 Å². The number of carbonyl (C=O) groups excluding carboxylic acids is 1. The monoisotopic (exact) mass is 547 g/mol. The zero-order chi connectivity index (χ0) is 28.1. The van der Waals surface area contributed by atoms with E-state index in [4.69, 9.17) is 16.3 Å². The first-order chi connectivity index (χ1) is 18.2. The maximum atomic E-state index is 11.9. The van der Waals surface area contributed by atoms with Crippen molar-refractivity contribution >= 4 is 23.8 Å². The number of alkyl halides is 3. The molecule has 3 aromatic heterocycles. The Hall–Kier alpha value is -4.32. The molecule has 0 aliphatic rings. The molecule has 0 fully saturated rings. The lowest BCUT2D eigenvalue weighted by molar-refractivity contribution is -0.141. The van der Waals surface area contributed by atoms with Crippen LogP contribution in [0.4, 0.5) is 19.0 Å². The number of aromatic nitrogens is 5. The maximum absolute atomic E-state index is 11.9. The molecule has 4 rings (SSSR count). The second-order valence-corrected chi connectivity index (χ2v) is 7.49. The van der Waals surface area contributed by atoms with Gasteiger partial charge in [0, 0.05) is 40.3 Å². The van der Waals surface area contributed by atoms with Gasteiger partial charge in [-0.2, -0.15) is 18.3 Å². The minimum absolute atomic E-state index is 0.249. The van der Waals surface area contributed by atoms with Crippen molar-refractivity contribution in [3.8, 4) is 28.3 Å². The van der Waals surface area contributed by atoms with E-state index in [9.17, 15) is 18.0 Å². The number of carbonyl (C=O) groups is 1. The number of hydrogen-bond donors (Lipinski definition) is 2. The summed E-state index contributed by atoms with van der Waals surface area (Å²) >= 11 is 5.97. The van der Waals surface area contributed by atoms with Crippen LogP contribution in [0.2, 0.25) is 5.02 Å². The first-order valence-electron chi connectivity index (χ1n) is 11.2. The van der Waals surface area contributed by atoms with Crippen molar-refractivity contribution < 1.29 is 22.7 Å². The number of anilines is 1. The molecule has 0 spiro atoms. The van der Waals surface area contributed by atoms with Crippen molar-refractivity contribution in [2.75, 3.05) is 12.5 Å². The number of pyridine rings is 1. The first-order valence-corrected chi connectivity index (χ1v) is 11.5. The number of ether oxygens (including phenoxy) is 1. The third-order valence-corrected chi connectivity index (χ3v) is 4.81. The van der Waals surface area contributed by atoms with Gasteiger partial charge in [0.05, 0.1) is 13.3 Å². The number of amides is 1. The highest BCUT2D eigenvalue weighted by molar-refractivity contribution is 6.30. The van der Waals surface area contributed by atoms with Crippen LogP contribution in [0, 0.1) is 6.92 Å². The van der Waals surface area contributed by atoms with Crippen LogP contribution in [0.5, 0.6) is 6.01 Å². The van der Waals surface area contributed by atoms with Crippen molar-refractivity contribution in [1.29, 1.82) is 0 Å². The van der Waals surface area contributed by atoms with E-state index in [1.807, 2.05) is 26.0 Å². The van der Waals surface area contributed by atoms with Gasteiger partial charge in [0.2, 0.25) is 6.41 Å². The average Bonchev–Trinajstić information content (AvgIpc) is 2.93. The second kappa shape index (κ2) is 14.4. The molecule has 13 heteroatoms. The van der Waals surface area contributed by atoms with E-state index in [0.29, 0.717) is 28.4 Å². The minimum atomic E-state index is -4.33. The van der Waals surface area contributed by atoms with E-state index in [0.717, 1.165) is 22.8 Å². The summed E-state index contributed by atoms with van der Waals surface area (Å²) in [6.07, 6.45) is 2.21. The lowest BCUT2D eigenvalue weighted by atomic mass is 9.98. The second-order valence-electron chi connectivity index (χ2n) is 7.05. The average molecular weight is 548 g/mol. The molecule has 0 saturated carbocycles. The van der Waals surface area contributed by atoms with E-state index in [1.165, 1.54) is 19.4 Å². The lowest BCUT2D eigenvalue weighted by Crippen LogP contribution is -2.21. The standard InChI is InChI=1S/C16H13ClN6O2.C7H6F3N.C2H6/c1-25-16-18-6-11(7-19-16)14-13(10-2-4-12(17)5-3-10)8-20-22-15(14)23-21-9-24;1-5-2-3-6(11-4-5)7(8,9)10;1-2/h2-9H,1H3,(H,21,24)(H,22,23);2-4H,1H3;1-2H3. The van der Waals surface area contributed by atoms with Gasteiger partial charge in [0.1, 0.15) is 5.69 Å². The minimum Gasteiger partial charge on any atom is -0.467 e. The summed E-state index contributed by atoms with van der Waals surface area (Å²) in [5, 5.41) is 8.66. The quantitative estimate of drug-likeness (QED) is 0.231. The van der Waals surface area contributed by atoms with Crippen LogP contribution in [-0.2, 0) is 11.0 Å². The SMILES string of the molecule is CC.COc1ncc(-c2c(-c3ccc(Cl)cc3)cnnc2NNC=O)cn1.Cc1ccc(C(F)(F)F)nc1. The Labute approximate surface area is 222 Å². The number of hydrogen-bond acceptors (Lipinski definition) is 8. The third-order valence-electron chi connectivity index (χ3n) is 4.56. The molecule has 9 nitrogen and oxygen atoms in total. The van der Waals surface area contributed by atoms with Crippen LogP contribution in [0.25, 0.3) is 22.3 Å². The molecule has 3 heterocycles. The van der Waals surface area contributed by atoms with E-state index in [2.05, 4.69) is 36.0 Å². The highest BCUT2D eigenvalue weighted by Gasteiger charge is 2.31. The Morgan fingerprint density at radius 1 is 0.921 bits per heavy atom. The molecule has 0 radical (unpaired) electrons. The van der Waals surface area contributed by atoms with Crippen LogP contribution >= 0.6 is 11.6 Å². The van der Waals surface area contributed by atoms with Gasteiger partial charge in [-0.05, 0) is 36.2 Å². The van der Waals surface area contributed by atoms with Gasteiger partial charge in [-0.15, -0.1) is 5.10 Å². The van der Waals surface area contributed by atoms with Crippen LogP contribution in [-0.4, -0.2) is 38.7 Å². The number of nitrogens with zero attached hydrogens (tertiary/aromatic N) is 5. The molecule has 200 valence electrons. The first kappa shape index (κ1) is 29.9. The van der Waals surface area contributed by atoms with E-state index < -0.39 is 11.9 Å². The van der Waals surface area contributed by atoms with Crippen molar-refractivity contribution in [2.45, 2.75) is 26.9 Å². The fraction of sp³-hybridized carbons (Fsp3) is 0.200. The number of hydrazine groups is 1. The lowest BCUT2D eigenvalue weighted by Gasteiger charge is -2.14. The molecule has 0 atom stereocenters. The van der Waals surface area contributed by atoms with Crippen molar-refractivity contribution in [3.05, 3.63) is 77.5 Å².